The quantitative estimate of drug-likeness (QED) is 0.154. The third-order valence-electron chi connectivity index (χ3n) is 12.5. The number of aromatic nitrogens is 5. The summed E-state index contributed by atoms with van der Waals surface area (Å²) in [5.41, 5.74) is 15.6. The maximum absolute atomic E-state index is 6.73. The Balaban J connectivity index is 0.000000289. The number of oxazole rings is 1. The molecule has 5 heterocycles. The van der Waals surface area contributed by atoms with Gasteiger partial charge in [0.25, 0.3) is 0 Å². The number of imidazole rings is 1. The minimum Gasteiger partial charge on any atom is -0.486 e. The average molecular weight is 1070 g/mol. The molecular weight excluding hydrogens is 1010 g/mol. The Morgan fingerprint density at radius 2 is 1.32 bits per heavy atom. The van der Waals surface area contributed by atoms with Gasteiger partial charge in [0.2, 0.25) is 11.6 Å². The van der Waals surface area contributed by atoms with Gasteiger partial charge in [-0.1, -0.05) is 129 Å². The first-order valence-electron chi connectivity index (χ1n) is 23.3. The number of fused-ring (bicyclic) bond motifs is 7. The zero-order chi connectivity index (χ0) is 46.8. The van der Waals surface area contributed by atoms with Crippen LogP contribution in [0.2, 0.25) is 0 Å². The van der Waals surface area contributed by atoms with Crippen LogP contribution in [0.4, 0.5) is 0 Å². The van der Waals surface area contributed by atoms with Gasteiger partial charge in [0.1, 0.15) is 11.0 Å². The summed E-state index contributed by atoms with van der Waals surface area (Å²) in [4.78, 5) is 19.7. The molecule has 0 saturated heterocycles. The number of benzene rings is 6. The maximum Gasteiger partial charge on any atom is 0.216 e. The molecule has 11 aromatic rings. The molecular formula is C60H55IrN5O2-2. The van der Waals surface area contributed by atoms with Crippen molar-refractivity contribution in [3.63, 3.8) is 0 Å². The third-order valence-corrected chi connectivity index (χ3v) is 12.5. The third kappa shape index (κ3) is 8.57. The van der Waals surface area contributed by atoms with Crippen LogP contribution >= 0.6 is 0 Å². The van der Waals surface area contributed by atoms with Gasteiger partial charge in [-0.25, -0.2) is 9.97 Å². The molecule has 6 aromatic carbocycles. The van der Waals surface area contributed by atoms with Gasteiger partial charge in [-0.2, -0.15) is 0 Å². The number of furan rings is 1. The number of rotatable bonds is 6. The summed E-state index contributed by atoms with van der Waals surface area (Å²) in [6.07, 6.45) is 1.87. The summed E-state index contributed by atoms with van der Waals surface area (Å²) < 4.78 is 15.2. The summed E-state index contributed by atoms with van der Waals surface area (Å²) in [6, 6.07) is 52.9. The topological polar surface area (TPSA) is 82.8 Å². The van der Waals surface area contributed by atoms with E-state index < -0.39 is 0 Å². The molecule has 0 spiro atoms. The fourth-order valence-corrected chi connectivity index (χ4v) is 8.90. The predicted octanol–water partition coefficient (Wildman–Crippen LogP) is 16.1. The van der Waals surface area contributed by atoms with Crippen molar-refractivity contribution in [3.05, 3.63) is 174 Å². The van der Waals surface area contributed by atoms with Crippen molar-refractivity contribution in [2.45, 2.75) is 91.9 Å². The molecule has 68 heavy (non-hydrogen) atoms. The van der Waals surface area contributed by atoms with Crippen molar-refractivity contribution in [2.24, 2.45) is 0 Å². The van der Waals surface area contributed by atoms with E-state index in [0.717, 1.165) is 72.1 Å². The Labute approximate surface area is 412 Å². The Kier molecular flexibility index (Phi) is 12.3. The average Bonchev–Trinajstić information content (AvgIpc) is 4.05. The summed E-state index contributed by atoms with van der Waals surface area (Å²) in [7, 11) is 0. The van der Waals surface area contributed by atoms with Gasteiger partial charge in [0.05, 0.1) is 22.4 Å². The van der Waals surface area contributed by atoms with Crippen molar-refractivity contribution < 1.29 is 28.9 Å². The van der Waals surface area contributed by atoms with E-state index in [1.165, 1.54) is 27.8 Å². The van der Waals surface area contributed by atoms with E-state index in [1.54, 1.807) is 0 Å². The fourth-order valence-electron chi connectivity index (χ4n) is 8.90. The molecule has 5 aromatic heterocycles. The van der Waals surface area contributed by atoms with Crippen LogP contribution in [0.15, 0.2) is 148 Å². The molecule has 0 atom stereocenters. The van der Waals surface area contributed by atoms with Crippen LogP contribution in [-0.4, -0.2) is 24.5 Å². The Bertz CT molecular complexity index is 3580. The van der Waals surface area contributed by atoms with Crippen molar-refractivity contribution in [3.8, 4) is 39.5 Å². The van der Waals surface area contributed by atoms with Gasteiger partial charge >= 0.3 is 0 Å². The molecule has 1 radical (unpaired) electrons. The van der Waals surface area contributed by atoms with Crippen molar-refractivity contribution in [2.75, 3.05) is 0 Å². The first kappa shape index (κ1) is 46.4. The standard InChI is InChI=1S/C45H39N4O2.C15H16N.Ir/c1-25(2)32-23-29(27-14-9-8-10-15-27)24-33(26(3)4)40(32)49-36-19-12-11-18-35(36)46-42(49)31-17-13-16-30-34-22-28-20-21-37-39(48-44(50-37)45(5,6)7)38(28)47-43(34)51-41(30)31;1-15(2,3)13-9-10-16-14(11-13)12-7-5-4-6-8-12;/h8-16,18-26H,1-7H3;4-7,9-11H,1-3H3;/q2*-1;. The summed E-state index contributed by atoms with van der Waals surface area (Å²) >= 11 is 0. The van der Waals surface area contributed by atoms with E-state index in [0.29, 0.717) is 17.2 Å². The second-order valence-electron chi connectivity index (χ2n) is 20.2. The summed E-state index contributed by atoms with van der Waals surface area (Å²) in [5, 5.41) is 2.89. The van der Waals surface area contributed by atoms with E-state index in [2.05, 4.69) is 182 Å². The largest absolute Gasteiger partial charge is 0.486 e. The second-order valence-corrected chi connectivity index (χ2v) is 20.2. The number of nitrogens with zero attached hydrogens (tertiary/aromatic N) is 5. The second kappa shape index (κ2) is 18.1. The van der Waals surface area contributed by atoms with Crippen LogP contribution in [0, 0.1) is 12.1 Å². The van der Waals surface area contributed by atoms with Crippen molar-refractivity contribution in [1.29, 1.82) is 0 Å². The first-order chi connectivity index (χ1) is 32.1. The zero-order valence-electron chi connectivity index (χ0n) is 40.3. The number of hydrogen-bond donors (Lipinski definition) is 0. The van der Waals surface area contributed by atoms with Crippen LogP contribution < -0.4 is 0 Å². The van der Waals surface area contributed by atoms with E-state index in [-0.39, 0.29) is 42.8 Å². The molecule has 0 saturated carbocycles. The Morgan fingerprint density at radius 1 is 0.603 bits per heavy atom. The summed E-state index contributed by atoms with van der Waals surface area (Å²) in [5.74, 6) is 1.98. The van der Waals surface area contributed by atoms with Crippen LogP contribution in [0.25, 0.3) is 94.6 Å². The molecule has 7 nitrogen and oxygen atoms in total. The molecule has 0 aliphatic heterocycles. The van der Waals surface area contributed by atoms with Crippen LogP contribution in [0.3, 0.4) is 0 Å². The smallest absolute Gasteiger partial charge is 0.216 e. The van der Waals surface area contributed by atoms with Gasteiger partial charge in [-0.05, 0) is 99.3 Å². The molecule has 0 aliphatic carbocycles. The monoisotopic (exact) mass is 1070 g/mol. The number of pyridine rings is 2. The minimum absolute atomic E-state index is 0. The predicted molar refractivity (Wildman–Crippen MR) is 275 cm³/mol. The fraction of sp³-hybridized carbons (Fsp3) is 0.233. The molecule has 0 unspecified atom stereocenters. The van der Waals surface area contributed by atoms with E-state index in [4.69, 9.17) is 23.8 Å². The molecule has 8 heteroatoms. The Hall–Kier alpha value is -6.73. The molecule has 343 valence electrons. The van der Waals surface area contributed by atoms with Crippen LogP contribution in [0.1, 0.15) is 104 Å². The van der Waals surface area contributed by atoms with E-state index in [1.807, 2.05) is 48.7 Å². The normalized spacial score (nSPS) is 12.1. The maximum atomic E-state index is 6.73. The van der Waals surface area contributed by atoms with E-state index in [9.17, 15) is 0 Å². The molecule has 0 fully saturated rings. The molecule has 0 amide bonds. The molecule has 0 N–H and O–H groups in total. The van der Waals surface area contributed by atoms with Crippen LogP contribution in [-0.2, 0) is 30.9 Å². The summed E-state index contributed by atoms with van der Waals surface area (Å²) in [6.45, 7) is 22.0. The molecule has 11 rings (SSSR count). The van der Waals surface area contributed by atoms with Crippen molar-refractivity contribution >= 4 is 55.1 Å². The van der Waals surface area contributed by atoms with Gasteiger partial charge < -0.3 is 18.4 Å². The first-order valence-corrected chi connectivity index (χ1v) is 23.3. The number of para-hydroxylation sites is 2. The molecule has 0 aliphatic rings. The van der Waals surface area contributed by atoms with Gasteiger partial charge in [0, 0.05) is 48.2 Å². The Morgan fingerprint density at radius 3 is 2.01 bits per heavy atom. The van der Waals surface area contributed by atoms with Crippen molar-refractivity contribution in [1.82, 2.24) is 24.5 Å². The molecule has 0 bridgehead atoms. The van der Waals surface area contributed by atoms with Gasteiger partial charge in [-0.3, -0.25) is 4.98 Å². The SMILES string of the molecule is CC(C)(C)c1ccnc(-c2[c-]cccc2)c1.CC(C)c1cc(-c2ccccc2)cc(C(C)C)c1-n1c(-c2[c-]ccc3c2oc2nc4c(ccc5oc(C(C)(C)C)nc54)cc23)nc2ccccc21.[Ir]. The van der Waals surface area contributed by atoms with Gasteiger partial charge in [0.15, 0.2) is 5.58 Å². The van der Waals surface area contributed by atoms with Gasteiger partial charge in [-0.15, -0.1) is 54.1 Å². The zero-order valence-corrected chi connectivity index (χ0v) is 42.7. The number of hydrogen-bond acceptors (Lipinski definition) is 6. The van der Waals surface area contributed by atoms with E-state index >= 15 is 0 Å². The van der Waals surface area contributed by atoms with Crippen LogP contribution in [0.5, 0.6) is 0 Å². The minimum atomic E-state index is -0.224.